The first-order chi connectivity index (χ1) is 10.8. The Morgan fingerprint density at radius 2 is 1.55 bits per heavy atom. The molecule has 106 valence electrons. The molecule has 4 heteroatoms. The SMILES string of the molecule is Fc1ccccc1Nc1ccc2ccc3cccnc3c2n1. The minimum Gasteiger partial charge on any atom is -0.338 e. The molecule has 0 aliphatic rings. The molecule has 0 unspecified atom stereocenters. The van der Waals surface area contributed by atoms with Crippen molar-refractivity contribution in [3.63, 3.8) is 0 Å². The van der Waals surface area contributed by atoms with Gasteiger partial charge in [-0.25, -0.2) is 9.37 Å². The number of fused-ring (bicyclic) bond motifs is 3. The molecule has 3 nitrogen and oxygen atoms in total. The number of nitrogens with one attached hydrogen (secondary N) is 1. The van der Waals surface area contributed by atoms with Crippen LogP contribution in [0, 0.1) is 5.82 Å². The summed E-state index contributed by atoms with van der Waals surface area (Å²) in [6.07, 6.45) is 1.75. The van der Waals surface area contributed by atoms with Crippen molar-refractivity contribution in [3.05, 3.63) is 72.7 Å². The average molecular weight is 289 g/mol. The Labute approximate surface area is 126 Å². The van der Waals surface area contributed by atoms with Gasteiger partial charge in [-0.3, -0.25) is 4.98 Å². The summed E-state index contributed by atoms with van der Waals surface area (Å²) < 4.78 is 13.7. The van der Waals surface area contributed by atoms with Gasteiger partial charge in [0, 0.05) is 17.0 Å². The second-order valence-electron chi connectivity index (χ2n) is 5.01. The number of halogens is 1. The van der Waals surface area contributed by atoms with Gasteiger partial charge in [0.15, 0.2) is 0 Å². The molecule has 1 N–H and O–H groups in total. The summed E-state index contributed by atoms with van der Waals surface area (Å²) in [4.78, 5) is 9.01. The van der Waals surface area contributed by atoms with Gasteiger partial charge in [-0.05, 0) is 30.3 Å². The summed E-state index contributed by atoms with van der Waals surface area (Å²) in [7, 11) is 0. The minimum atomic E-state index is -0.305. The third kappa shape index (κ3) is 2.15. The number of pyridine rings is 2. The Morgan fingerprint density at radius 1 is 0.773 bits per heavy atom. The van der Waals surface area contributed by atoms with Crippen molar-refractivity contribution in [2.24, 2.45) is 0 Å². The topological polar surface area (TPSA) is 37.8 Å². The van der Waals surface area contributed by atoms with Gasteiger partial charge >= 0.3 is 0 Å². The van der Waals surface area contributed by atoms with Crippen LogP contribution in [0.25, 0.3) is 21.8 Å². The van der Waals surface area contributed by atoms with Crippen molar-refractivity contribution >= 4 is 33.3 Å². The van der Waals surface area contributed by atoms with Crippen LogP contribution < -0.4 is 5.32 Å². The van der Waals surface area contributed by atoms with Gasteiger partial charge in [-0.1, -0.05) is 30.3 Å². The van der Waals surface area contributed by atoms with Crippen LogP contribution in [-0.4, -0.2) is 9.97 Å². The van der Waals surface area contributed by atoms with Crippen LogP contribution in [0.1, 0.15) is 0 Å². The van der Waals surface area contributed by atoms with Gasteiger partial charge in [0.1, 0.15) is 11.6 Å². The lowest BCUT2D eigenvalue weighted by atomic mass is 10.1. The Kier molecular flexibility index (Phi) is 2.93. The second-order valence-corrected chi connectivity index (χ2v) is 5.01. The summed E-state index contributed by atoms with van der Waals surface area (Å²) in [6, 6.07) is 18.3. The standard InChI is InChI=1S/C18H12FN3/c19-14-5-1-2-6-15(14)21-16-10-9-13-8-7-12-4-3-11-20-17(12)18(13)22-16/h1-11H,(H,21,22). The number of hydrogen-bond acceptors (Lipinski definition) is 3. The van der Waals surface area contributed by atoms with Crippen LogP contribution in [0.5, 0.6) is 0 Å². The smallest absolute Gasteiger partial charge is 0.146 e. The fourth-order valence-corrected chi connectivity index (χ4v) is 2.49. The van der Waals surface area contributed by atoms with E-state index in [-0.39, 0.29) is 5.82 Å². The molecule has 0 aliphatic carbocycles. The largest absolute Gasteiger partial charge is 0.338 e. The number of aromatic nitrogens is 2. The summed E-state index contributed by atoms with van der Waals surface area (Å²) >= 11 is 0. The maximum absolute atomic E-state index is 13.7. The maximum Gasteiger partial charge on any atom is 0.146 e. The van der Waals surface area contributed by atoms with Crippen molar-refractivity contribution in [1.82, 2.24) is 9.97 Å². The quantitative estimate of drug-likeness (QED) is 0.545. The van der Waals surface area contributed by atoms with E-state index in [9.17, 15) is 4.39 Å². The van der Waals surface area contributed by atoms with Gasteiger partial charge in [0.2, 0.25) is 0 Å². The predicted molar refractivity (Wildman–Crippen MR) is 86.7 cm³/mol. The molecular formula is C18H12FN3. The number of benzene rings is 2. The monoisotopic (exact) mass is 289 g/mol. The predicted octanol–water partition coefficient (Wildman–Crippen LogP) is 4.67. The number of hydrogen-bond donors (Lipinski definition) is 1. The molecule has 22 heavy (non-hydrogen) atoms. The average Bonchev–Trinajstić information content (AvgIpc) is 2.57. The van der Waals surface area contributed by atoms with Crippen molar-refractivity contribution in [2.45, 2.75) is 0 Å². The van der Waals surface area contributed by atoms with Gasteiger partial charge in [-0.2, -0.15) is 0 Å². The Hall–Kier alpha value is -3.01. The molecular weight excluding hydrogens is 277 g/mol. The van der Waals surface area contributed by atoms with Crippen LogP contribution >= 0.6 is 0 Å². The first-order valence-corrected chi connectivity index (χ1v) is 6.97. The van der Waals surface area contributed by atoms with Gasteiger partial charge in [-0.15, -0.1) is 0 Å². The van der Waals surface area contributed by atoms with Crippen molar-refractivity contribution in [2.75, 3.05) is 5.32 Å². The molecule has 2 aromatic carbocycles. The first kappa shape index (κ1) is 12.7. The number of para-hydroxylation sites is 1. The second kappa shape index (κ2) is 5.07. The Balaban J connectivity index is 1.86. The lowest BCUT2D eigenvalue weighted by molar-refractivity contribution is 0.632. The third-order valence-corrected chi connectivity index (χ3v) is 3.57. The normalized spacial score (nSPS) is 11.0. The van der Waals surface area contributed by atoms with Crippen LogP contribution in [-0.2, 0) is 0 Å². The summed E-state index contributed by atoms with van der Waals surface area (Å²) in [5.41, 5.74) is 2.05. The molecule has 2 heterocycles. The maximum atomic E-state index is 13.7. The third-order valence-electron chi connectivity index (χ3n) is 3.57. The van der Waals surface area contributed by atoms with Crippen LogP contribution in [0.4, 0.5) is 15.9 Å². The Bertz CT molecular complexity index is 982. The molecule has 0 spiro atoms. The highest BCUT2D eigenvalue weighted by Gasteiger charge is 2.06. The van der Waals surface area contributed by atoms with Gasteiger partial charge < -0.3 is 5.32 Å². The minimum absolute atomic E-state index is 0.305. The molecule has 4 rings (SSSR count). The van der Waals surface area contributed by atoms with E-state index >= 15 is 0 Å². The Morgan fingerprint density at radius 3 is 2.41 bits per heavy atom. The number of anilines is 2. The van der Waals surface area contributed by atoms with Crippen molar-refractivity contribution in [1.29, 1.82) is 0 Å². The van der Waals surface area contributed by atoms with E-state index in [2.05, 4.69) is 15.3 Å². The van der Waals surface area contributed by atoms with E-state index < -0.39 is 0 Å². The summed E-state index contributed by atoms with van der Waals surface area (Å²) in [5, 5.41) is 5.05. The molecule has 0 saturated carbocycles. The molecule has 0 radical (unpaired) electrons. The van der Waals surface area contributed by atoms with Crippen LogP contribution in [0.3, 0.4) is 0 Å². The summed E-state index contributed by atoms with van der Waals surface area (Å²) in [6.45, 7) is 0. The fourth-order valence-electron chi connectivity index (χ4n) is 2.49. The molecule has 4 aromatic rings. The van der Waals surface area contributed by atoms with Crippen molar-refractivity contribution in [3.8, 4) is 0 Å². The van der Waals surface area contributed by atoms with Crippen molar-refractivity contribution < 1.29 is 4.39 Å². The first-order valence-electron chi connectivity index (χ1n) is 6.97. The highest BCUT2D eigenvalue weighted by molar-refractivity contribution is 6.03. The zero-order valence-corrected chi connectivity index (χ0v) is 11.6. The van der Waals surface area contributed by atoms with E-state index in [1.165, 1.54) is 6.07 Å². The van der Waals surface area contributed by atoms with Crippen LogP contribution in [0.2, 0.25) is 0 Å². The number of nitrogens with zero attached hydrogens (tertiary/aromatic N) is 2. The lowest BCUT2D eigenvalue weighted by Gasteiger charge is -2.08. The summed E-state index contributed by atoms with van der Waals surface area (Å²) in [5.74, 6) is 0.288. The lowest BCUT2D eigenvalue weighted by Crippen LogP contribution is -1.96. The molecule has 0 bridgehead atoms. The highest BCUT2D eigenvalue weighted by atomic mass is 19.1. The molecule has 2 aromatic heterocycles. The zero-order chi connectivity index (χ0) is 14.9. The fraction of sp³-hybridized carbons (Fsp3) is 0. The molecule has 0 amide bonds. The van der Waals surface area contributed by atoms with E-state index in [0.717, 1.165) is 21.8 Å². The van der Waals surface area contributed by atoms with Crippen LogP contribution in [0.15, 0.2) is 66.9 Å². The van der Waals surface area contributed by atoms with E-state index in [1.54, 1.807) is 24.4 Å². The van der Waals surface area contributed by atoms with Gasteiger partial charge in [0.05, 0.1) is 16.7 Å². The van der Waals surface area contributed by atoms with Gasteiger partial charge in [0.25, 0.3) is 0 Å². The van der Waals surface area contributed by atoms with E-state index in [4.69, 9.17) is 0 Å². The molecule has 0 fully saturated rings. The molecule has 0 saturated heterocycles. The molecule has 0 aliphatic heterocycles. The van der Waals surface area contributed by atoms with E-state index in [1.807, 2.05) is 36.4 Å². The number of rotatable bonds is 2. The molecule has 0 atom stereocenters. The van der Waals surface area contributed by atoms with E-state index in [0.29, 0.717) is 11.5 Å². The highest BCUT2D eigenvalue weighted by Crippen LogP contribution is 2.25. The zero-order valence-electron chi connectivity index (χ0n) is 11.6.